The van der Waals surface area contributed by atoms with Gasteiger partial charge in [0.05, 0.1) is 11.2 Å². The van der Waals surface area contributed by atoms with E-state index in [4.69, 9.17) is 14.7 Å². The van der Waals surface area contributed by atoms with E-state index in [9.17, 15) is 4.79 Å². The van der Waals surface area contributed by atoms with Crippen LogP contribution in [0.3, 0.4) is 0 Å². The van der Waals surface area contributed by atoms with Crippen LogP contribution < -0.4 is 10.1 Å². The number of carbonyl (C=O) groups excluding carboxylic acids is 1. The van der Waals surface area contributed by atoms with Crippen LogP contribution in [0.1, 0.15) is 19.4 Å². The maximum absolute atomic E-state index is 11.6. The Morgan fingerprint density at radius 1 is 1.42 bits per heavy atom. The normalized spacial score (nSPS) is 10.6. The van der Waals surface area contributed by atoms with Crippen LogP contribution in [-0.2, 0) is 9.53 Å². The zero-order chi connectivity index (χ0) is 14.3. The minimum atomic E-state index is -0.416. The van der Waals surface area contributed by atoms with E-state index >= 15 is 0 Å². The predicted octanol–water partition coefficient (Wildman–Crippen LogP) is 1.48. The summed E-state index contributed by atoms with van der Waals surface area (Å²) in [6, 6.07) is 8.80. The third kappa shape index (κ3) is 4.98. The third-order valence-electron chi connectivity index (χ3n) is 2.63. The maximum Gasteiger partial charge on any atom is 0.258 e. The summed E-state index contributed by atoms with van der Waals surface area (Å²) in [5.41, 5.74) is -0.00671. The molecule has 1 amide bonds. The number of carbonyl (C=O) groups is 1. The van der Waals surface area contributed by atoms with Crippen molar-refractivity contribution in [1.82, 2.24) is 5.32 Å². The van der Waals surface area contributed by atoms with Gasteiger partial charge in [0.1, 0.15) is 11.8 Å². The molecule has 0 spiro atoms. The molecule has 1 aromatic rings. The van der Waals surface area contributed by atoms with Crippen molar-refractivity contribution in [2.75, 3.05) is 20.3 Å². The van der Waals surface area contributed by atoms with Crippen LogP contribution in [0.15, 0.2) is 24.3 Å². The molecule has 0 aromatic heterocycles. The lowest BCUT2D eigenvalue weighted by molar-refractivity contribution is -0.124. The Balaban J connectivity index is 2.45. The van der Waals surface area contributed by atoms with Crippen molar-refractivity contribution in [3.63, 3.8) is 0 Å². The Bertz CT molecular complexity index is 478. The Morgan fingerprint density at radius 2 is 2.11 bits per heavy atom. The molecule has 0 radical (unpaired) electrons. The van der Waals surface area contributed by atoms with Gasteiger partial charge in [-0.05, 0) is 26.0 Å². The summed E-state index contributed by atoms with van der Waals surface area (Å²) in [6.07, 6.45) is 0. The molecule has 0 aliphatic heterocycles. The molecular weight excluding hydrogens is 244 g/mol. The highest BCUT2D eigenvalue weighted by Gasteiger charge is 2.17. The molecule has 0 saturated carbocycles. The molecule has 0 bridgehead atoms. The Morgan fingerprint density at radius 3 is 2.74 bits per heavy atom. The van der Waals surface area contributed by atoms with Crippen LogP contribution in [0.25, 0.3) is 0 Å². The lowest BCUT2D eigenvalue weighted by Crippen LogP contribution is -2.41. The number of methoxy groups -OCH3 is 1. The molecule has 5 nitrogen and oxygen atoms in total. The van der Waals surface area contributed by atoms with Gasteiger partial charge >= 0.3 is 0 Å². The lowest BCUT2D eigenvalue weighted by Gasteiger charge is -2.23. The van der Waals surface area contributed by atoms with Gasteiger partial charge in [0.2, 0.25) is 0 Å². The van der Waals surface area contributed by atoms with Gasteiger partial charge in [-0.2, -0.15) is 5.26 Å². The summed E-state index contributed by atoms with van der Waals surface area (Å²) in [5, 5.41) is 11.6. The fourth-order valence-corrected chi connectivity index (χ4v) is 1.26. The fraction of sp³-hybridized carbons (Fsp3) is 0.429. The monoisotopic (exact) mass is 262 g/mol. The van der Waals surface area contributed by atoms with Crippen molar-refractivity contribution < 1.29 is 14.3 Å². The standard InChI is InChI=1S/C14H18N2O3/c1-14(2,18-3)10-16-13(17)9-19-12-7-5-4-6-11(12)8-15/h4-7H,9-10H2,1-3H3,(H,16,17). The smallest absolute Gasteiger partial charge is 0.258 e. The minimum Gasteiger partial charge on any atom is -0.482 e. The van der Waals surface area contributed by atoms with Crippen LogP contribution in [0, 0.1) is 11.3 Å². The van der Waals surface area contributed by atoms with E-state index in [0.717, 1.165) is 0 Å². The van der Waals surface area contributed by atoms with Crippen molar-refractivity contribution in [2.45, 2.75) is 19.4 Å². The summed E-state index contributed by atoms with van der Waals surface area (Å²) < 4.78 is 10.5. The molecule has 0 atom stereocenters. The third-order valence-corrected chi connectivity index (χ3v) is 2.63. The molecule has 0 heterocycles. The first kappa shape index (κ1) is 15.0. The second-order valence-corrected chi connectivity index (χ2v) is 4.64. The van der Waals surface area contributed by atoms with E-state index in [2.05, 4.69) is 5.32 Å². The molecule has 1 aromatic carbocycles. The molecule has 0 aliphatic rings. The van der Waals surface area contributed by atoms with Crippen LogP contribution in [0.4, 0.5) is 0 Å². The van der Waals surface area contributed by atoms with E-state index in [0.29, 0.717) is 17.9 Å². The Labute approximate surface area is 113 Å². The number of nitrogens with zero attached hydrogens (tertiary/aromatic N) is 1. The van der Waals surface area contributed by atoms with Gasteiger partial charge < -0.3 is 14.8 Å². The van der Waals surface area contributed by atoms with E-state index < -0.39 is 5.60 Å². The molecule has 0 fully saturated rings. The zero-order valence-electron chi connectivity index (χ0n) is 11.4. The first-order chi connectivity index (χ1) is 8.98. The van der Waals surface area contributed by atoms with Crippen LogP contribution in [-0.4, -0.2) is 31.8 Å². The largest absolute Gasteiger partial charge is 0.482 e. The van der Waals surface area contributed by atoms with Crippen molar-refractivity contribution in [3.05, 3.63) is 29.8 Å². The summed E-state index contributed by atoms with van der Waals surface area (Å²) in [6.45, 7) is 4.02. The van der Waals surface area contributed by atoms with E-state index in [1.807, 2.05) is 19.9 Å². The average molecular weight is 262 g/mol. The molecule has 0 saturated heterocycles. The highest BCUT2D eigenvalue weighted by molar-refractivity contribution is 5.77. The number of hydrogen-bond donors (Lipinski definition) is 1. The second-order valence-electron chi connectivity index (χ2n) is 4.64. The van der Waals surface area contributed by atoms with Gasteiger partial charge in [-0.3, -0.25) is 4.79 Å². The summed E-state index contributed by atoms with van der Waals surface area (Å²) in [4.78, 5) is 11.6. The SMILES string of the molecule is COC(C)(C)CNC(=O)COc1ccccc1C#N. The first-order valence-corrected chi connectivity index (χ1v) is 5.92. The highest BCUT2D eigenvalue weighted by atomic mass is 16.5. The lowest BCUT2D eigenvalue weighted by atomic mass is 10.1. The number of nitriles is 1. The van der Waals surface area contributed by atoms with Gasteiger partial charge in [-0.15, -0.1) is 0 Å². The van der Waals surface area contributed by atoms with E-state index in [1.54, 1.807) is 31.4 Å². The van der Waals surface area contributed by atoms with Crippen molar-refractivity contribution in [3.8, 4) is 11.8 Å². The molecule has 0 aliphatic carbocycles. The summed E-state index contributed by atoms with van der Waals surface area (Å²) in [7, 11) is 1.59. The first-order valence-electron chi connectivity index (χ1n) is 5.92. The molecule has 1 N–H and O–H groups in total. The minimum absolute atomic E-state index is 0.127. The van der Waals surface area contributed by atoms with Crippen LogP contribution in [0.2, 0.25) is 0 Å². The number of nitrogens with one attached hydrogen (secondary N) is 1. The molecule has 19 heavy (non-hydrogen) atoms. The highest BCUT2D eigenvalue weighted by Crippen LogP contribution is 2.16. The number of para-hydroxylation sites is 1. The quantitative estimate of drug-likeness (QED) is 0.843. The van der Waals surface area contributed by atoms with E-state index in [-0.39, 0.29) is 12.5 Å². The molecule has 0 unspecified atom stereocenters. The van der Waals surface area contributed by atoms with Crippen molar-refractivity contribution >= 4 is 5.91 Å². The number of ether oxygens (including phenoxy) is 2. The number of hydrogen-bond acceptors (Lipinski definition) is 4. The molecule has 1 rings (SSSR count). The van der Waals surface area contributed by atoms with Gasteiger partial charge in [0.15, 0.2) is 6.61 Å². The topological polar surface area (TPSA) is 71.3 Å². The number of amides is 1. The Hall–Kier alpha value is -2.06. The molecule has 102 valence electrons. The van der Waals surface area contributed by atoms with Gasteiger partial charge in [-0.25, -0.2) is 0 Å². The van der Waals surface area contributed by atoms with Crippen LogP contribution >= 0.6 is 0 Å². The van der Waals surface area contributed by atoms with Gasteiger partial charge in [-0.1, -0.05) is 12.1 Å². The maximum atomic E-state index is 11.6. The summed E-state index contributed by atoms with van der Waals surface area (Å²) >= 11 is 0. The van der Waals surface area contributed by atoms with Crippen molar-refractivity contribution in [1.29, 1.82) is 5.26 Å². The average Bonchev–Trinajstić information content (AvgIpc) is 2.43. The number of rotatable bonds is 6. The van der Waals surface area contributed by atoms with Gasteiger partial charge in [0.25, 0.3) is 5.91 Å². The second kappa shape index (κ2) is 6.76. The van der Waals surface area contributed by atoms with E-state index in [1.165, 1.54) is 0 Å². The van der Waals surface area contributed by atoms with Gasteiger partial charge in [0, 0.05) is 13.7 Å². The zero-order valence-corrected chi connectivity index (χ0v) is 11.4. The predicted molar refractivity (Wildman–Crippen MR) is 70.7 cm³/mol. The van der Waals surface area contributed by atoms with Crippen molar-refractivity contribution in [2.24, 2.45) is 0 Å². The van der Waals surface area contributed by atoms with Crippen LogP contribution in [0.5, 0.6) is 5.75 Å². The fourth-order valence-electron chi connectivity index (χ4n) is 1.26. The Kier molecular flexibility index (Phi) is 5.34. The molecular formula is C14H18N2O3. The summed E-state index contributed by atoms with van der Waals surface area (Å²) in [5.74, 6) is 0.156. The molecule has 5 heteroatoms. The number of benzene rings is 1.